The van der Waals surface area contributed by atoms with E-state index in [0.717, 1.165) is 0 Å². The normalized spacial score (nSPS) is 15.5. The van der Waals surface area contributed by atoms with E-state index in [1.54, 1.807) is 0 Å². The van der Waals surface area contributed by atoms with Crippen LogP contribution in [0.1, 0.15) is 30.4 Å². The van der Waals surface area contributed by atoms with Gasteiger partial charge in [-0.15, -0.1) is 0 Å². The Hall–Kier alpha value is -1.38. The molecule has 0 radical (unpaired) electrons. The summed E-state index contributed by atoms with van der Waals surface area (Å²) in [4.78, 5) is 4.02. The molecule has 0 fully saturated rings. The first kappa shape index (κ1) is 5.37. The van der Waals surface area contributed by atoms with E-state index in [1.807, 2.05) is 20.8 Å². The van der Waals surface area contributed by atoms with Gasteiger partial charge in [0.25, 0.3) is 0 Å². The van der Waals surface area contributed by atoms with Gasteiger partial charge in [-0.3, -0.25) is 0 Å². The zero-order valence-electron chi connectivity index (χ0n) is 10.9. The second-order valence-corrected chi connectivity index (χ2v) is 3.98. The SMILES string of the molecule is [2H]c1nc2c([2H])cnn2c([2H])c1C(C)(C)C. The molecule has 0 unspecified atom stereocenters. The lowest BCUT2D eigenvalue weighted by atomic mass is 9.89. The summed E-state index contributed by atoms with van der Waals surface area (Å²) in [6, 6.07) is 0.141. The van der Waals surface area contributed by atoms with E-state index in [1.165, 1.54) is 10.7 Å². The molecule has 0 spiro atoms. The molecule has 2 aromatic heterocycles. The van der Waals surface area contributed by atoms with Crippen molar-refractivity contribution in [3.8, 4) is 0 Å². The maximum Gasteiger partial charge on any atom is 0.154 e. The second-order valence-electron chi connectivity index (χ2n) is 3.98. The second kappa shape index (κ2) is 2.55. The molecule has 0 saturated heterocycles. The van der Waals surface area contributed by atoms with Crippen molar-refractivity contribution < 1.29 is 4.11 Å². The quantitative estimate of drug-likeness (QED) is 0.618. The number of rotatable bonds is 0. The Bertz CT molecular complexity index is 554. The van der Waals surface area contributed by atoms with Crippen molar-refractivity contribution in [2.24, 2.45) is 0 Å². The average molecular weight is 178 g/mol. The first-order valence-electron chi connectivity index (χ1n) is 5.64. The molecule has 0 aromatic carbocycles. The highest BCUT2D eigenvalue weighted by Gasteiger charge is 2.14. The summed E-state index contributed by atoms with van der Waals surface area (Å²) in [6.45, 7) is 5.78. The van der Waals surface area contributed by atoms with E-state index < -0.39 is 0 Å². The highest BCUT2D eigenvalue weighted by atomic mass is 15.2. The number of hydrogen-bond acceptors (Lipinski definition) is 2. The van der Waals surface area contributed by atoms with Crippen LogP contribution in [-0.4, -0.2) is 14.6 Å². The molecular weight excluding hydrogens is 162 g/mol. The summed E-state index contributed by atoms with van der Waals surface area (Å²) < 4.78 is 24.7. The minimum Gasteiger partial charge on any atom is -0.237 e. The largest absolute Gasteiger partial charge is 0.237 e. The summed E-state index contributed by atoms with van der Waals surface area (Å²) in [5, 5.41) is 3.93. The molecule has 0 amide bonds. The van der Waals surface area contributed by atoms with Crippen LogP contribution in [0, 0.1) is 0 Å². The van der Waals surface area contributed by atoms with Gasteiger partial charge in [-0.2, -0.15) is 5.10 Å². The molecule has 3 heteroatoms. The summed E-state index contributed by atoms with van der Waals surface area (Å²) >= 11 is 0. The summed E-state index contributed by atoms with van der Waals surface area (Å²) in [6.07, 6.45) is 1.53. The standard InChI is InChI=1S/C10H13N3/c1-10(2,3)8-6-11-9-4-5-12-13(9)7-8/h4-7H,1-3H3/i4D,6D,7D. The molecule has 2 rings (SSSR count). The van der Waals surface area contributed by atoms with Crippen LogP contribution in [0.4, 0.5) is 0 Å². The Balaban J connectivity index is 2.87. The van der Waals surface area contributed by atoms with Crippen LogP contribution in [0.15, 0.2) is 24.6 Å². The monoisotopic (exact) mass is 178 g/mol. The molecule has 2 heterocycles. The van der Waals surface area contributed by atoms with Crippen molar-refractivity contribution in [2.75, 3.05) is 0 Å². The van der Waals surface area contributed by atoms with Gasteiger partial charge in [-0.1, -0.05) is 20.8 Å². The molecule has 13 heavy (non-hydrogen) atoms. The van der Waals surface area contributed by atoms with Gasteiger partial charge in [0.05, 0.1) is 10.3 Å². The van der Waals surface area contributed by atoms with Crippen molar-refractivity contribution in [1.82, 2.24) is 14.6 Å². The third-order valence-electron chi connectivity index (χ3n) is 1.81. The zero-order valence-corrected chi connectivity index (χ0v) is 7.92. The Labute approximate surface area is 81.6 Å². The fraction of sp³-hybridized carbons (Fsp3) is 0.400. The van der Waals surface area contributed by atoms with Crippen LogP contribution in [0.5, 0.6) is 0 Å². The van der Waals surface area contributed by atoms with Gasteiger partial charge in [-0.25, -0.2) is 9.50 Å². The highest BCUT2D eigenvalue weighted by Crippen LogP contribution is 2.20. The maximum absolute atomic E-state index is 8.01. The lowest BCUT2D eigenvalue weighted by molar-refractivity contribution is 0.581. The molecule has 3 nitrogen and oxygen atoms in total. The zero-order chi connectivity index (χ0) is 12.1. The molecule has 0 N–H and O–H groups in total. The summed E-state index contributed by atoms with van der Waals surface area (Å²) in [5.41, 5.74) is 0.481. The van der Waals surface area contributed by atoms with Gasteiger partial charge in [0, 0.05) is 18.4 Å². The molecule has 0 saturated carbocycles. The van der Waals surface area contributed by atoms with Crippen molar-refractivity contribution in [1.29, 1.82) is 0 Å². The third-order valence-corrected chi connectivity index (χ3v) is 1.81. The minimum atomic E-state index is -0.330. The van der Waals surface area contributed by atoms with E-state index in [9.17, 15) is 0 Å². The summed E-state index contributed by atoms with van der Waals surface area (Å²) in [7, 11) is 0. The fourth-order valence-corrected chi connectivity index (χ4v) is 0.997. The number of fused-ring (bicyclic) bond motifs is 1. The van der Waals surface area contributed by atoms with Gasteiger partial charge < -0.3 is 0 Å². The van der Waals surface area contributed by atoms with E-state index in [-0.39, 0.29) is 29.5 Å². The molecule has 0 aliphatic heterocycles. The Morgan fingerprint density at radius 3 is 2.92 bits per heavy atom. The van der Waals surface area contributed by atoms with Crippen LogP contribution < -0.4 is 0 Å². The van der Waals surface area contributed by atoms with Crippen molar-refractivity contribution in [3.63, 3.8) is 0 Å². The van der Waals surface area contributed by atoms with Crippen molar-refractivity contribution >= 4 is 5.65 Å². The first-order valence-corrected chi connectivity index (χ1v) is 4.14. The predicted molar refractivity (Wildman–Crippen MR) is 51.7 cm³/mol. The van der Waals surface area contributed by atoms with Crippen LogP contribution in [0.25, 0.3) is 5.65 Å². The summed E-state index contributed by atoms with van der Waals surface area (Å²) in [5.74, 6) is 0. The van der Waals surface area contributed by atoms with Crippen LogP contribution in [0.2, 0.25) is 0 Å². The molecule has 0 aliphatic carbocycles. The molecule has 0 bridgehead atoms. The number of hydrogen-bond donors (Lipinski definition) is 0. The van der Waals surface area contributed by atoms with Crippen LogP contribution >= 0.6 is 0 Å². The first-order chi connectivity index (χ1) is 7.32. The number of aromatic nitrogens is 3. The highest BCUT2D eigenvalue weighted by molar-refractivity contribution is 5.36. The maximum atomic E-state index is 8.01. The molecule has 68 valence electrons. The van der Waals surface area contributed by atoms with Gasteiger partial charge in [0.1, 0.15) is 0 Å². The lowest BCUT2D eigenvalue weighted by Crippen LogP contribution is -2.12. The fourth-order valence-electron chi connectivity index (χ4n) is 0.997. The molecule has 0 atom stereocenters. The van der Waals surface area contributed by atoms with E-state index in [2.05, 4.69) is 10.1 Å². The number of nitrogens with zero attached hydrogens (tertiary/aromatic N) is 3. The predicted octanol–water partition coefficient (Wildman–Crippen LogP) is 2.03. The van der Waals surface area contributed by atoms with Crippen molar-refractivity contribution in [3.05, 3.63) is 30.1 Å². The van der Waals surface area contributed by atoms with Crippen LogP contribution in [0.3, 0.4) is 0 Å². The van der Waals surface area contributed by atoms with Gasteiger partial charge in [0.15, 0.2) is 5.65 Å². The van der Waals surface area contributed by atoms with E-state index >= 15 is 0 Å². The van der Waals surface area contributed by atoms with Crippen LogP contribution in [-0.2, 0) is 5.41 Å². The van der Waals surface area contributed by atoms with Crippen molar-refractivity contribution in [2.45, 2.75) is 26.2 Å². The topological polar surface area (TPSA) is 30.2 Å². The third kappa shape index (κ3) is 1.41. The van der Waals surface area contributed by atoms with Gasteiger partial charge >= 0.3 is 0 Å². The van der Waals surface area contributed by atoms with Gasteiger partial charge in [0.2, 0.25) is 0 Å². The van der Waals surface area contributed by atoms with E-state index in [0.29, 0.717) is 5.56 Å². The molecule has 2 aromatic rings. The molecular formula is C10H13N3. The molecule has 0 aliphatic rings. The Morgan fingerprint density at radius 2 is 2.23 bits per heavy atom. The average Bonchev–Trinajstić information content (AvgIpc) is 2.46. The Kier molecular flexibility index (Phi) is 1.05. The van der Waals surface area contributed by atoms with E-state index in [4.69, 9.17) is 4.11 Å². The lowest BCUT2D eigenvalue weighted by Gasteiger charge is -2.17. The minimum absolute atomic E-state index is 0.0546. The smallest absolute Gasteiger partial charge is 0.154 e. The Morgan fingerprint density at radius 1 is 1.46 bits per heavy atom. The van der Waals surface area contributed by atoms with Gasteiger partial charge in [-0.05, 0) is 11.0 Å².